The number of amidine groups is 1. The Kier molecular flexibility index (Phi) is 4.17. The molecule has 0 spiro atoms. The van der Waals surface area contributed by atoms with Crippen LogP contribution in [0.25, 0.3) is 10.8 Å². The van der Waals surface area contributed by atoms with Crippen LogP contribution in [-0.4, -0.2) is 11.7 Å². The highest BCUT2D eigenvalue weighted by atomic mass is 16.3. The number of hydrogen-bond donors (Lipinski definition) is 3. The fourth-order valence-electron chi connectivity index (χ4n) is 3.83. The standard InChI is InChI=1S/C23H20N4O2/c24-21(28)16-9-4-8-15-18(16)13-29-20(15)23-26-19-11-5-10-17(19)22(27-23)25-12-14-6-2-1-3-7-14/h1-9,11,13,23,26H,10,12H2,(H2,24,28)(H,25,27). The summed E-state index contributed by atoms with van der Waals surface area (Å²) >= 11 is 0. The molecule has 1 unspecified atom stereocenters. The number of nitrogens with zero attached hydrogens (tertiary/aromatic N) is 1. The largest absolute Gasteiger partial charge is 0.464 e. The van der Waals surface area contributed by atoms with Crippen molar-refractivity contribution in [1.82, 2.24) is 10.6 Å². The van der Waals surface area contributed by atoms with Crippen molar-refractivity contribution in [3.8, 4) is 0 Å². The first-order valence-corrected chi connectivity index (χ1v) is 9.53. The van der Waals surface area contributed by atoms with Gasteiger partial charge in [0.1, 0.15) is 5.84 Å². The third kappa shape index (κ3) is 3.08. The molecule has 3 aromatic rings. The molecule has 1 aliphatic carbocycles. The van der Waals surface area contributed by atoms with Crippen LogP contribution in [0.4, 0.5) is 0 Å². The molecule has 1 aliphatic heterocycles. The maximum Gasteiger partial charge on any atom is 0.249 e. The summed E-state index contributed by atoms with van der Waals surface area (Å²) in [5.41, 5.74) is 9.32. The molecule has 2 heterocycles. The van der Waals surface area contributed by atoms with E-state index < -0.39 is 12.1 Å². The number of fused-ring (bicyclic) bond motifs is 1. The van der Waals surface area contributed by atoms with E-state index in [4.69, 9.17) is 15.1 Å². The van der Waals surface area contributed by atoms with Crippen LogP contribution in [-0.2, 0) is 6.54 Å². The van der Waals surface area contributed by atoms with Crippen molar-refractivity contribution < 1.29 is 9.21 Å². The Morgan fingerprint density at radius 2 is 2.03 bits per heavy atom. The lowest BCUT2D eigenvalue weighted by molar-refractivity contribution is 0.100. The van der Waals surface area contributed by atoms with Gasteiger partial charge in [0.25, 0.3) is 0 Å². The number of nitrogens with one attached hydrogen (secondary N) is 2. The highest BCUT2D eigenvalue weighted by Gasteiger charge is 2.28. The second kappa shape index (κ2) is 6.98. The summed E-state index contributed by atoms with van der Waals surface area (Å²) in [6.45, 7) is 0.688. The first kappa shape index (κ1) is 17.3. The smallest absolute Gasteiger partial charge is 0.249 e. The van der Waals surface area contributed by atoms with Gasteiger partial charge >= 0.3 is 0 Å². The zero-order valence-electron chi connectivity index (χ0n) is 15.7. The molecule has 1 amide bonds. The van der Waals surface area contributed by atoms with Crippen molar-refractivity contribution in [3.05, 3.63) is 95.1 Å². The van der Waals surface area contributed by atoms with Gasteiger partial charge in [-0.25, -0.2) is 4.99 Å². The van der Waals surface area contributed by atoms with Gasteiger partial charge in [-0.05, 0) is 24.1 Å². The van der Waals surface area contributed by atoms with Gasteiger partial charge in [-0.15, -0.1) is 0 Å². The van der Waals surface area contributed by atoms with E-state index in [0.717, 1.165) is 28.9 Å². The normalized spacial score (nSPS) is 17.8. The van der Waals surface area contributed by atoms with E-state index in [1.165, 1.54) is 5.56 Å². The van der Waals surface area contributed by atoms with Crippen LogP contribution in [0, 0.1) is 0 Å². The quantitative estimate of drug-likeness (QED) is 0.641. The number of carbonyl (C=O) groups excluding carboxylic acids is 1. The molecule has 0 saturated carbocycles. The Morgan fingerprint density at radius 3 is 2.86 bits per heavy atom. The summed E-state index contributed by atoms with van der Waals surface area (Å²) in [7, 11) is 0. The SMILES string of the molecule is NC(=O)c1cccc2c(C3N=C(NCc4ccccc4)C4=C(C=CC4)N3)occ12. The lowest BCUT2D eigenvalue weighted by Gasteiger charge is -2.24. The molecule has 6 nitrogen and oxygen atoms in total. The predicted octanol–water partition coefficient (Wildman–Crippen LogP) is 3.54. The topological polar surface area (TPSA) is 92.7 Å². The summed E-state index contributed by atoms with van der Waals surface area (Å²) in [6, 6.07) is 15.7. The molecule has 0 radical (unpaired) electrons. The Balaban J connectivity index is 1.50. The fourth-order valence-corrected chi connectivity index (χ4v) is 3.83. The van der Waals surface area contributed by atoms with Crippen LogP contribution in [0.5, 0.6) is 0 Å². The molecule has 6 heteroatoms. The summed E-state index contributed by atoms with van der Waals surface area (Å²) in [5, 5.41) is 8.45. The van der Waals surface area contributed by atoms with E-state index in [2.05, 4.69) is 34.9 Å². The maximum absolute atomic E-state index is 11.7. The number of carbonyl (C=O) groups is 1. The van der Waals surface area contributed by atoms with Crippen molar-refractivity contribution in [2.45, 2.75) is 19.1 Å². The van der Waals surface area contributed by atoms with E-state index in [9.17, 15) is 4.79 Å². The van der Waals surface area contributed by atoms with Gasteiger partial charge in [-0.1, -0.05) is 48.5 Å². The minimum absolute atomic E-state index is 0.393. The second-order valence-corrected chi connectivity index (χ2v) is 7.09. The summed E-state index contributed by atoms with van der Waals surface area (Å²) < 4.78 is 5.85. The number of primary amides is 1. The maximum atomic E-state index is 11.7. The first-order chi connectivity index (χ1) is 14.2. The molecule has 29 heavy (non-hydrogen) atoms. The number of amides is 1. The van der Waals surface area contributed by atoms with Crippen LogP contribution in [0.1, 0.15) is 34.3 Å². The number of hydrogen-bond acceptors (Lipinski definition) is 5. The molecule has 1 atom stereocenters. The van der Waals surface area contributed by atoms with E-state index >= 15 is 0 Å². The van der Waals surface area contributed by atoms with Gasteiger partial charge < -0.3 is 20.8 Å². The Labute approximate surface area is 167 Å². The van der Waals surface area contributed by atoms with Crippen molar-refractivity contribution in [2.24, 2.45) is 10.7 Å². The fraction of sp³-hybridized carbons (Fsp3) is 0.130. The minimum Gasteiger partial charge on any atom is -0.464 e. The van der Waals surface area contributed by atoms with Gasteiger partial charge in [0.05, 0.1) is 11.8 Å². The number of rotatable bonds is 4. The third-order valence-corrected chi connectivity index (χ3v) is 5.26. The van der Waals surface area contributed by atoms with E-state index in [1.807, 2.05) is 30.3 Å². The molecule has 5 rings (SSSR count). The number of nitrogens with two attached hydrogens (primary N) is 1. The van der Waals surface area contributed by atoms with Gasteiger partial charge in [0.15, 0.2) is 11.9 Å². The highest BCUT2D eigenvalue weighted by Crippen LogP contribution is 2.34. The Morgan fingerprint density at radius 1 is 1.17 bits per heavy atom. The van der Waals surface area contributed by atoms with Crippen LogP contribution in [0.3, 0.4) is 0 Å². The molecular weight excluding hydrogens is 364 g/mol. The van der Waals surface area contributed by atoms with Crippen molar-refractivity contribution >= 4 is 22.5 Å². The average Bonchev–Trinajstić information content (AvgIpc) is 3.39. The van der Waals surface area contributed by atoms with Gasteiger partial charge in [0, 0.05) is 28.6 Å². The molecule has 1 aromatic heterocycles. The lowest BCUT2D eigenvalue weighted by atomic mass is 10.1. The van der Waals surface area contributed by atoms with Crippen LogP contribution >= 0.6 is 0 Å². The summed E-state index contributed by atoms with van der Waals surface area (Å²) in [5.74, 6) is 1.04. The van der Waals surface area contributed by atoms with Crippen LogP contribution in [0.2, 0.25) is 0 Å². The summed E-state index contributed by atoms with van der Waals surface area (Å²) in [6.07, 6.45) is 6.20. The van der Waals surface area contributed by atoms with Crippen molar-refractivity contribution in [2.75, 3.05) is 0 Å². The number of furan rings is 1. The van der Waals surface area contributed by atoms with Crippen molar-refractivity contribution in [1.29, 1.82) is 0 Å². The van der Waals surface area contributed by atoms with Crippen LogP contribution < -0.4 is 16.4 Å². The third-order valence-electron chi connectivity index (χ3n) is 5.26. The zero-order valence-corrected chi connectivity index (χ0v) is 15.7. The number of allylic oxidation sites excluding steroid dienone is 2. The second-order valence-electron chi connectivity index (χ2n) is 7.09. The molecule has 4 N–H and O–H groups in total. The van der Waals surface area contributed by atoms with Crippen molar-refractivity contribution in [3.63, 3.8) is 0 Å². The van der Waals surface area contributed by atoms with E-state index in [0.29, 0.717) is 23.3 Å². The number of benzene rings is 2. The molecule has 0 fully saturated rings. The monoisotopic (exact) mass is 384 g/mol. The molecule has 0 saturated heterocycles. The zero-order chi connectivity index (χ0) is 19.8. The van der Waals surface area contributed by atoms with Gasteiger partial charge in [-0.2, -0.15) is 0 Å². The first-order valence-electron chi connectivity index (χ1n) is 9.53. The van der Waals surface area contributed by atoms with Crippen LogP contribution in [0.15, 0.2) is 87.6 Å². The Bertz CT molecular complexity index is 1190. The number of aliphatic imine (C=N–C) groups is 1. The molecule has 0 bridgehead atoms. The lowest BCUT2D eigenvalue weighted by Crippen LogP contribution is -2.34. The van der Waals surface area contributed by atoms with Gasteiger partial charge in [0.2, 0.25) is 5.91 Å². The average molecular weight is 384 g/mol. The molecule has 144 valence electrons. The van der Waals surface area contributed by atoms with Gasteiger partial charge in [-0.3, -0.25) is 4.79 Å². The minimum atomic E-state index is -0.475. The summed E-state index contributed by atoms with van der Waals surface area (Å²) in [4.78, 5) is 16.6. The highest BCUT2D eigenvalue weighted by molar-refractivity contribution is 6.07. The Hall–Kier alpha value is -3.80. The van der Waals surface area contributed by atoms with E-state index in [-0.39, 0.29) is 0 Å². The molecule has 2 aliphatic rings. The van der Waals surface area contributed by atoms with E-state index in [1.54, 1.807) is 12.3 Å². The predicted molar refractivity (Wildman–Crippen MR) is 112 cm³/mol. The molecular formula is C23H20N4O2. The molecule has 2 aromatic carbocycles.